The first-order valence-corrected chi connectivity index (χ1v) is 9.98. The molecule has 1 fully saturated rings. The summed E-state index contributed by atoms with van der Waals surface area (Å²) in [6, 6.07) is 13.2. The van der Waals surface area contributed by atoms with E-state index in [2.05, 4.69) is 17.1 Å². The number of carbonyl (C=O) groups excluding carboxylic acids is 1. The van der Waals surface area contributed by atoms with Crippen LogP contribution in [0, 0.1) is 0 Å². The van der Waals surface area contributed by atoms with Crippen molar-refractivity contribution in [3.8, 4) is 5.75 Å². The summed E-state index contributed by atoms with van der Waals surface area (Å²) in [5.41, 5.74) is 2.66. The Morgan fingerprint density at radius 1 is 1.25 bits per heavy atom. The third-order valence-electron chi connectivity index (χ3n) is 5.05. The van der Waals surface area contributed by atoms with Crippen LogP contribution >= 0.6 is 11.6 Å². The summed E-state index contributed by atoms with van der Waals surface area (Å²) in [6.07, 6.45) is 3.30. The maximum atomic E-state index is 12.5. The number of likely N-dealkylation sites (N-methyl/N-ethyl adjacent to an activating group) is 1. The molecule has 2 N–H and O–H groups in total. The van der Waals surface area contributed by atoms with Gasteiger partial charge in [-0.15, -0.1) is 0 Å². The molecular formula is C22H27ClN3O2+. The zero-order chi connectivity index (χ0) is 19.9. The maximum absolute atomic E-state index is 12.5. The number of amides is 1. The van der Waals surface area contributed by atoms with Crippen LogP contribution in [0.25, 0.3) is 6.08 Å². The molecule has 5 nitrogen and oxygen atoms in total. The molecule has 0 saturated carbocycles. The SMILES string of the molecule is CC[NH+]1CCN(c2ccc(Cl)cc2NC(=O)/C=C/c2cccc(OC)c2)CC1. The van der Waals surface area contributed by atoms with Crippen LogP contribution in [-0.2, 0) is 4.79 Å². The average molecular weight is 401 g/mol. The highest BCUT2D eigenvalue weighted by Gasteiger charge is 2.21. The van der Waals surface area contributed by atoms with Crippen molar-refractivity contribution in [3.63, 3.8) is 0 Å². The smallest absolute Gasteiger partial charge is 0.248 e. The lowest BCUT2D eigenvalue weighted by atomic mass is 10.2. The first-order valence-electron chi connectivity index (χ1n) is 9.60. The van der Waals surface area contributed by atoms with Crippen LogP contribution in [0.2, 0.25) is 5.02 Å². The van der Waals surface area contributed by atoms with Gasteiger partial charge in [0, 0.05) is 11.1 Å². The lowest BCUT2D eigenvalue weighted by Crippen LogP contribution is -3.14. The molecular weight excluding hydrogens is 374 g/mol. The van der Waals surface area contributed by atoms with Gasteiger partial charge in [0.2, 0.25) is 5.91 Å². The third-order valence-corrected chi connectivity index (χ3v) is 5.28. The van der Waals surface area contributed by atoms with Crippen LogP contribution in [0.4, 0.5) is 11.4 Å². The van der Waals surface area contributed by atoms with Crippen molar-refractivity contribution >= 4 is 35.0 Å². The molecule has 1 heterocycles. The number of carbonyl (C=O) groups is 1. The highest BCUT2D eigenvalue weighted by atomic mass is 35.5. The first kappa shape index (κ1) is 20.2. The van der Waals surface area contributed by atoms with E-state index in [9.17, 15) is 4.79 Å². The monoisotopic (exact) mass is 400 g/mol. The second-order valence-corrected chi connectivity index (χ2v) is 7.29. The molecule has 0 unspecified atom stereocenters. The van der Waals surface area contributed by atoms with E-state index in [1.54, 1.807) is 18.1 Å². The zero-order valence-corrected chi connectivity index (χ0v) is 17.1. The van der Waals surface area contributed by atoms with E-state index in [4.69, 9.17) is 16.3 Å². The van der Waals surface area contributed by atoms with Crippen molar-refractivity contribution in [2.24, 2.45) is 0 Å². The van der Waals surface area contributed by atoms with Gasteiger partial charge in [0.05, 0.1) is 51.2 Å². The first-order chi connectivity index (χ1) is 13.6. The van der Waals surface area contributed by atoms with Gasteiger partial charge in [-0.05, 0) is 48.9 Å². The number of anilines is 2. The topological polar surface area (TPSA) is 46.0 Å². The van der Waals surface area contributed by atoms with Gasteiger partial charge in [-0.2, -0.15) is 0 Å². The predicted octanol–water partition coefficient (Wildman–Crippen LogP) is 2.73. The molecule has 148 valence electrons. The predicted molar refractivity (Wildman–Crippen MR) is 116 cm³/mol. The fraction of sp³-hybridized carbons (Fsp3) is 0.318. The van der Waals surface area contributed by atoms with Crippen LogP contribution in [-0.4, -0.2) is 45.7 Å². The molecule has 0 radical (unpaired) electrons. The number of nitrogens with one attached hydrogen (secondary N) is 2. The Morgan fingerprint density at radius 3 is 2.75 bits per heavy atom. The van der Waals surface area contributed by atoms with Gasteiger partial charge in [-0.1, -0.05) is 23.7 Å². The van der Waals surface area contributed by atoms with E-state index in [0.717, 1.165) is 55.4 Å². The standard InChI is InChI=1S/C22H26ClN3O2/c1-3-25-11-13-26(14-12-25)21-9-8-18(23)16-20(21)24-22(27)10-7-17-5-4-6-19(15-17)28-2/h4-10,15-16H,3,11-14H2,1-2H3,(H,24,27)/p+1/b10-7+. The van der Waals surface area contributed by atoms with Gasteiger partial charge in [0.1, 0.15) is 5.75 Å². The number of halogens is 1. The molecule has 1 aliphatic rings. The molecule has 1 saturated heterocycles. The lowest BCUT2D eigenvalue weighted by Gasteiger charge is -2.34. The minimum atomic E-state index is -0.191. The summed E-state index contributed by atoms with van der Waals surface area (Å²) in [5.74, 6) is 0.567. The molecule has 0 aromatic heterocycles. The molecule has 0 atom stereocenters. The van der Waals surface area contributed by atoms with Crippen LogP contribution in [0.15, 0.2) is 48.5 Å². The van der Waals surface area contributed by atoms with Crippen LogP contribution < -0.4 is 19.9 Å². The Hall–Kier alpha value is -2.50. The second kappa shape index (κ2) is 9.62. The number of benzene rings is 2. The van der Waals surface area contributed by atoms with Crippen molar-refractivity contribution in [1.82, 2.24) is 0 Å². The molecule has 1 amide bonds. The summed E-state index contributed by atoms with van der Waals surface area (Å²) in [7, 11) is 1.62. The summed E-state index contributed by atoms with van der Waals surface area (Å²) in [6.45, 7) is 7.49. The molecule has 3 rings (SSSR count). The zero-order valence-electron chi connectivity index (χ0n) is 16.4. The lowest BCUT2D eigenvalue weighted by molar-refractivity contribution is -0.898. The number of hydrogen-bond acceptors (Lipinski definition) is 3. The van der Waals surface area contributed by atoms with Gasteiger partial charge in [-0.3, -0.25) is 4.79 Å². The fourth-order valence-electron chi connectivity index (χ4n) is 3.39. The molecule has 6 heteroatoms. The van der Waals surface area contributed by atoms with Crippen LogP contribution in [0.5, 0.6) is 5.75 Å². The Bertz CT molecular complexity index is 845. The highest BCUT2D eigenvalue weighted by Crippen LogP contribution is 2.29. The number of hydrogen-bond donors (Lipinski definition) is 2. The molecule has 1 aliphatic heterocycles. The number of methoxy groups -OCH3 is 1. The van der Waals surface area contributed by atoms with E-state index < -0.39 is 0 Å². The van der Waals surface area contributed by atoms with Gasteiger partial charge in [-0.25, -0.2) is 0 Å². The summed E-state index contributed by atoms with van der Waals surface area (Å²) < 4.78 is 5.21. The van der Waals surface area contributed by atoms with Gasteiger partial charge in [0.25, 0.3) is 0 Å². The van der Waals surface area contributed by atoms with E-state index >= 15 is 0 Å². The largest absolute Gasteiger partial charge is 0.497 e. The number of nitrogens with zero attached hydrogens (tertiary/aromatic N) is 1. The van der Waals surface area contributed by atoms with E-state index in [1.165, 1.54) is 6.08 Å². The average Bonchev–Trinajstić information content (AvgIpc) is 2.73. The number of piperazine rings is 1. The summed E-state index contributed by atoms with van der Waals surface area (Å²) >= 11 is 6.19. The number of rotatable bonds is 6. The van der Waals surface area contributed by atoms with Crippen molar-refractivity contribution in [3.05, 3.63) is 59.1 Å². The normalized spacial score (nSPS) is 15.0. The summed E-state index contributed by atoms with van der Waals surface area (Å²) in [5, 5.41) is 3.59. The minimum Gasteiger partial charge on any atom is -0.497 e. The highest BCUT2D eigenvalue weighted by molar-refractivity contribution is 6.31. The molecule has 0 aliphatic carbocycles. The molecule has 2 aromatic carbocycles. The molecule has 2 aromatic rings. The Kier molecular flexibility index (Phi) is 6.95. The number of ether oxygens (including phenoxy) is 1. The van der Waals surface area contributed by atoms with Crippen molar-refractivity contribution in [1.29, 1.82) is 0 Å². The second-order valence-electron chi connectivity index (χ2n) is 6.85. The molecule has 0 spiro atoms. The van der Waals surface area contributed by atoms with E-state index in [1.807, 2.05) is 42.5 Å². The van der Waals surface area contributed by atoms with Gasteiger partial charge >= 0.3 is 0 Å². The van der Waals surface area contributed by atoms with Gasteiger partial charge in [0.15, 0.2) is 0 Å². The maximum Gasteiger partial charge on any atom is 0.248 e. The van der Waals surface area contributed by atoms with Crippen molar-refractivity contribution in [2.75, 3.05) is 50.1 Å². The Labute approximate surface area is 171 Å². The van der Waals surface area contributed by atoms with E-state index in [0.29, 0.717) is 5.02 Å². The summed E-state index contributed by atoms with van der Waals surface area (Å²) in [4.78, 5) is 16.4. The molecule has 28 heavy (non-hydrogen) atoms. The quantitative estimate of drug-likeness (QED) is 0.733. The van der Waals surface area contributed by atoms with Crippen LogP contribution in [0.1, 0.15) is 12.5 Å². The van der Waals surface area contributed by atoms with Gasteiger partial charge < -0.3 is 19.9 Å². The minimum absolute atomic E-state index is 0.191. The van der Waals surface area contributed by atoms with Crippen LogP contribution in [0.3, 0.4) is 0 Å². The number of quaternary nitrogens is 1. The fourth-order valence-corrected chi connectivity index (χ4v) is 3.57. The van der Waals surface area contributed by atoms with E-state index in [-0.39, 0.29) is 5.91 Å². The third kappa shape index (κ3) is 5.27. The molecule has 0 bridgehead atoms. The Balaban J connectivity index is 1.71. The van der Waals surface area contributed by atoms with Crippen molar-refractivity contribution < 1.29 is 14.4 Å². The Morgan fingerprint density at radius 2 is 2.04 bits per heavy atom. The van der Waals surface area contributed by atoms with Crippen molar-refractivity contribution in [2.45, 2.75) is 6.92 Å².